The topological polar surface area (TPSA) is 82.4 Å². The van der Waals surface area contributed by atoms with E-state index in [1.54, 1.807) is 18.3 Å². The summed E-state index contributed by atoms with van der Waals surface area (Å²) < 4.78 is 38.9. The predicted octanol–water partition coefficient (Wildman–Crippen LogP) is 2.93. The van der Waals surface area contributed by atoms with Gasteiger partial charge in [-0.25, -0.2) is 13.4 Å². The fourth-order valence-electron chi connectivity index (χ4n) is 3.41. The van der Waals surface area contributed by atoms with Gasteiger partial charge in [-0.15, -0.1) is 0 Å². The highest BCUT2D eigenvalue weighted by atomic mass is 32.2. The van der Waals surface area contributed by atoms with Crippen LogP contribution < -0.4 is 9.46 Å². The Balaban J connectivity index is 1.98. The summed E-state index contributed by atoms with van der Waals surface area (Å²) in [5.41, 5.74) is 1.05. The molecule has 1 aromatic heterocycles. The summed E-state index contributed by atoms with van der Waals surface area (Å²) in [4.78, 5) is 4.57. The van der Waals surface area contributed by atoms with Crippen LogP contribution in [0.15, 0.2) is 30.6 Å². The van der Waals surface area contributed by atoms with Gasteiger partial charge in [0, 0.05) is 30.6 Å². The first-order chi connectivity index (χ1) is 12.2. The second-order valence-corrected chi connectivity index (χ2v) is 8.96. The SMILES string of the molecule is COc1ccc(-n2ccnc2C2CCOC(C)(C)C2)cc1NS(C)(=O)=O. The van der Waals surface area contributed by atoms with Crippen LogP contribution >= 0.6 is 0 Å². The third kappa shape index (κ3) is 4.19. The minimum Gasteiger partial charge on any atom is -0.495 e. The van der Waals surface area contributed by atoms with Crippen LogP contribution in [-0.2, 0) is 14.8 Å². The molecule has 1 atom stereocenters. The lowest BCUT2D eigenvalue weighted by atomic mass is 9.87. The van der Waals surface area contributed by atoms with Crippen LogP contribution in [0.25, 0.3) is 5.69 Å². The Bertz CT molecular complexity index is 890. The number of benzene rings is 1. The molecular weight excluding hydrogens is 354 g/mol. The first-order valence-electron chi connectivity index (χ1n) is 8.52. The Morgan fingerprint density at radius 2 is 2.15 bits per heavy atom. The Morgan fingerprint density at radius 1 is 1.38 bits per heavy atom. The molecule has 1 N–H and O–H groups in total. The Kier molecular flexibility index (Phi) is 4.98. The number of rotatable bonds is 5. The predicted molar refractivity (Wildman–Crippen MR) is 101 cm³/mol. The van der Waals surface area contributed by atoms with E-state index < -0.39 is 10.0 Å². The molecule has 1 aromatic carbocycles. The van der Waals surface area contributed by atoms with E-state index in [2.05, 4.69) is 23.6 Å². The second kappa shape index (κ2) is 6.92. The molecule has 1 fully saturated rings. The molecule has 0 bridgehead atoms. The molecule has 7 nitrogen and oxygen atoms in total. The minimum atomic E-state index is -3.41. The van der Waals surface area contributed by atoms with Gasteiger partial charge in [-0.3, -0.25) is 4.72 Å². The van der Waals surface area contributed by atoms with Crippen molar-refractivity contribution in [2.45, 2.75) is 38.2 Å². The van der Waals surface area contributed by atoms with Gasteiger partial charge in [0.2, 0.25) is 10.0 Å². The van der Waals surface area contributed by atoms with Crippen molar-refractivity contribution in [3.05, 3.63) is 36.4 Å². The number of methoxy groups -OCH3 is 1. The number of anilines is 1. The van der Waals surface area contributed by atoms with Crippen LogP contribution in [0, 0.1) is 0 Å². The van der Waals surface area contributed by atoms with Crippen LogP contribution in [0.5, 0.6) is 5.75 Å². The van der Waals surface area contributed by atoms with Crippen molar-refractivity contribution in [2.24, 2.45) is 0 Å². The van der Waals surface area contributed by atoms with Gasteiger partial charge in [0.05, 0.1) is 24.7 Å². The summed E-state index contributed by atoms with van der Waals surface area (Å²) in [6.07, 6.45) is 6.57. The molecule has 26 heavy (non-hydrogen) atoms. The third-order valence-corrected chi connectivity index (χ3v) is 5.08. The Hall–Kier alpha value is -2.06. The van der Waals surface area contributed by atoms with Gasteiger partial charge in [-0.1, -0.05) is 0 Å². The normalized spacial score (nSPS) is 19.9. The van der Waals surface area contributed by atoms with Crippen LogP contribution in [0.4, 0.5) is 5.69 Å². The molecule has 0 aliphatic carbocycles. The maximum absolute atomic E-state index is 11.7. The zero-order valence-electron chi connectivity index (χ0n) is 15.5. The fraction of sp³-hybridized carbons (Fsp3) is 0.500. The van der Waals surface area contributed by atoms with E-state index >= 15 is 0 Å². The molecule has 142 valence electrons. The first-order valence-corrected chi connectivity index (χ1v) is 10.4. The average molecular weight is 379 g/mol. The number of aromatic nitrogens is 2. The molecular formula is C18H25N3O4S. The van der Waals surface area contributed by atoms with E-state index in [-0.39, 0.29) is 11.5 Å². The van der Waals surface area contributed by atoms with Crippen LogP contribution in [0.2, 0.25) is 0 Å². The molecule has 2 heterocycles. The molecule has 0 saturated carbocycles. The molecule has 0 radical (unpaired) electrons. The summed E-state index contributed by atoms with van der Waals surface area (Å²) in [7, 11) is -1.90. The van der Waals surface area contributed by atoms with Gasteiger partial charge in [-0.2, -0.15) is 0 Å². The Morgan fingerprint density at radius 3 is 2.81 bits per heavy atom. The standard InChI is InChI=1S/C18H25N3O4S/c1-18(2)12-13(7-10-25-18)17-19-8-9-21(17)14-5-6-16(24-3)15(11-14)20-26(4,22)23/h5-6,8-9,11,13,20H,7,10,12H2,1-4H3. The van der Waals surface area contributed by atoms with E-state index in [1.165, 1.54) is 7.11 Å². The maximum Gasteiger partial charge on any atom is 0.229 e. The van der Waals surface area contributed by atoms with Crippen molar-refractivity contribution in [2.75, 3.05) is 24.7 Å². The lowest BCUT2D eigenvalue weighted by Crippen LogP contribution is -2.33. The summed E-state index contributed by atoms with van der Waals surface area (Å²) in [5, 5.41) is 0. The van der Waals surface area contributed by atoms with E-state index in [4.69, 9.17) is 9.47 Å². The number of hydrogen-bond donors (Lipinski definition) is 1. The van der Waals surface area contributed by atoms with Crippen LogP contribution in [0.3, 0.4) is 0 Å². The second-order valence-electron chi connectivity index (χ2n) is 7.21. The monoisotopic (exact) mass is 379 g/mol. The zero-order valence-corrected chi connectivity index (χ0v) is 16.3. The molecule has 1 unspecified atom stereocenters. The summed E-state index contributed by atoms with van der Waals surface area (Å²) in [5.74, 6) is 1.70. The number of imidazole rings is 1. The molecule has 0 spiro atoms. The third-order valence-electron chi connectivity index (χ3n) is 4.49. The lowest BCUT2D eigenvalue weighted by Gasteiger charge is -2.35. The van der Waals surface area contributed by atoms with Crippen molar-refractivity contribution < 1.29 is 17.9 Å². The molecule has 8 heteroatoms. The highest BCUT2D eigenvalue weighted by Gasteiger charge is 2.32. The zero-order chi connectivity index (χ0) is 18.9. The van der Waals surface area contributed by atoms with Crippen LogP contribution in [-0.4, -0.2) is 43.5 Å². The van der Waals surface area contributed by atoms with Crippen molar-refractivity contribution in [3.8, 4) is 11.4 Å². The average Bonchev–Trinajstić information content (AvgIpc) is 3.02. The maximum atomic E-state index is 11.7. The van der Waals surface area contributed by atoms with E-state index in [0.717, 1.165) is 30.6 Å². The summed E-state index contributed by atoms with van der Waals surface area (Å²) in [6, 6.07) is 5.40. The van der Waals surface area contributed by atoms with E-state index in [0.29, 0.717) is 18.0 Å². The van der Waals surface area contributed by atoms with Gasteiger partial charge in [0.1, 0.15) is 11.6 Å². The molecule has 3 rings (SSSR count). The number of sulfonamides is 1. The van der Waals surface area contributed by atoms with Crippen molar-refractivity contribution in [3.63, 3.8) is 0 Å². The van der Waals surface area contributed by atoms with Gasteiger partial charge < -0.3 is 14.0 Å². The number of nitrogens with zero attached hydrogens (tertiary/aromatic N) is 2. The Labute approximate surface area is 154 Å². The first kappa shape index (κ1) is 18.7. The fourth-order valence-corrected chi connectivity index (χ4v) is 3.97. The molecule has 1 aliphatic heterocycles. The largest absolute Gasteiger partial charge is 0.495 e. The van der Waals surface area contributed by atoms with Gasteiger partial charge in [-0.05, 0) is 44.9 Å². The van der Waals surface area contributed by atoms with E-state index in [9.17, 15) is 8.42 Å². The molecule has 1 saturated heterocycles. The number of hydrogen-bond acceptors (Lipinski definition) is 5. The highest BCUT2D eigenvalue weighted by Crippen LogP contribution is 2.36. The van der Waals surface area contributed by atoms with Crippen molar-refractivity contribution in [1.82, 2.24) is 9.55 Å². The van der Waals surface area contributed by atoms with E-state index in [1.807, 2.05) is 16.8 Å². The van der Waals surface area contributed by atoms with Crippen LogP contribution in [0.1, 0.15) is 38.4 Å². The molecule has 2 aromatic rings. The number of ether oxygens (including phenoxy) is 2. The number of nitrogens with one attached hydrogen (secondary N) is 1. The van der Waals surface area contributed by atoms with Gasteiger partial charge in [0.25, 0.3) is 0 Å². The van der Waals surface area contributed by atoms with Gasteiger partial charge >= 0.3 is 0 Å². The van der Waals surface area contributed by atoms with Crippen molar-refractivity contribution in [1.29, 1.82) is 0 Å². The highest BCUT2D eigenvalue weighted by molar-refractivity contribution is 7.92. The summed E-state index contributed by atoms with van der Waals surface area (Å²) in [6.45, 7) is 4.88. The quantitative estimate of drug-likeness (QED) is 0.864. The lowest BCUT2D eigenvalue weighted by molar-refractivity contribution is -0.0604. The van der Waals surface area contributed by atoms with Gasteiger partial charge in [0.15, 0.2) is 0 Å². The molecule has 0 amide bonds. The summed E-state index contributed by atoms with van der Waals surface area (Å²) >= 11 is 0. The van der Waals surface area contributed by atoms with Crippen molar-refractivity contribution >= 4 is 15.7 Å². The molecule has 1 aliphatic rings. The minimum absolute atomic E-state index is 0.178. The smallest absolute Gasteiger partial charge is 0.229 e.